The topological polar surface area (TPSA) is 0 Å². The minimum atomic E-state index is 0.361. The van der Waals surface area contributed by atoms with E-state index in [2.05, 4.69) is 53.7 Å². The average Bonchev–Trinajstić information content (AvgIpc) is 2.14. The highest BCUT2D eigenvalue weighted by Crippen LogP contribution is 2.51. The first-order chi connectivity index (χ1) is 7.73. The third-order valence-electron chi connectivity index (χ3n) is 4.75. The van der Waals surface area contributed by atoms with Crippen LogP contribution < -0.4 is 0 Å². The lowest BCUT2D eigenvalue weighted by atomic mass is 9.61. The monoisotopic (exact) mass is 232 g/mol. The number of allylic oxidation sites excluding steroid dienone is 4. The molecular formula is C17H28. The molecule has 0 N–H and O–H groups in total. The third kappa shape index (κ3) is 2.37. The van der Waals surface area contributed by atoms with Crippen molar-refractivity contribution in [3.05, 3.63) is 23.3 Å². The molecule has 0 heteroatoms. The number of rotatable bonds is 1. The van der Waals surface area contributed by atoms with Crippen LogP contribution in [0.2, 0.25) is 0 Å². The van der Waals surface area contributed by atoms with E-state index < -0.39 is 0 Å². The summed E-state index contributed by atoms with van der Waals surface area (Å²) < 4.78 is 0. The van der Waals surface area contributed by atoms with Gasteiger partial charge < -0.3 is 0 Å². The summed E-state index contributed by atoms with van der Waals surface area (Å²) >= 11 is 0. The van der Waals surface area contributed by atoms with E-state index in [1.807, 2.05) is 0 Å². The van der Waals surface area contributed by atoms with Gasteiger partial charge in [0, 0.05) is 0 Å². The summed E-state index contributed by atoms with van der Waals surface area (Å²) in [6.45, 7) is 14.3. The molecule has 0 saturated heterocycles. The van der Waals surface area contributed by atoms with E-state index in [9.17, 15) is 0 Å². The second-order valence-corrected chi connectivity index (χ2v) is 7.71. The van der Waals surface area contributed by atoms with Crippen LogP contribution >= 0.6 is 0 Å². The molecule has 96 valence electrons. The quantitative estimate of drug-likeness (QED) is 0.571. The number of hydrogen-bond acceptors (Lipinski definition) is 0. The molecule has 1 unspecified atom stereocenters. The molecule has 2 aliphatic carbocycles. The molecule has 2 rings (SSSR count). The molecule has 2 aliphatic rings. The van der Waals surface area contributed by atoms with Crippen molar-refractivity contribution >= 4 is 0 Å². The largest absolute Gasteiger partial charge is 0.0782 e. The summed E-state index contributed by atoms with van der Waals surface area (Å²) in [5, 5.41) is 0. The fourth-order valence-electron chi connectivity index (χ4n) is 3.61. The molecule has 0 amide bonds. The lowest BCUT2D eigenvalue weighted by Crippen LogP contribution is -2.31. The normalized spacial score (nSPS) is 30.6. The van der Waals surface area contributed by atoms with E-state index in [0.29, 0.717) is 10.8 Å². The summed E-state index contributed by atoms with van der Waals surface area (Å²) in [6.07, 6.45) is 8.86. The molecule has 0 aromatic heterocycles. The maximum atomic E-state index is 2.44. The Bertz CT molecular complexity index is 363. The Morgan fingerprint density at radius 3 is 2.41 bits per heavy atom. The molecule has 0 aromatic carbocycles. The van der Waals surface area contributed by atoms with Gasteiger partial charge >= 0.3 is 0 Å². The van der Waals surface area contributed by atoms with Gasteiger partial charge in [-0.15, -0.1) is 0 Å². The second kappa shape index (κ2) is 4.00. The fraction of sp³-hybridized carbons (Fsp3) is 0.765. The van der Waals surface area contributed by atoms with Crippen LogP contribution in [0.4, 0.5) is 0 Å². The highest BCUT2D eigenvalue weighted by Gasteiger charge is 2.38. The van der Waals surface area contributed by atoms with Gasteiger partial charge in [-0.2, -0.15) is 0 Å². The molecule has 17 heavy (non-hydrogen) atoms. The van der Waals surface area contributed by atoms with Gasteiger partial charge in [0.25, 0.3) is 0 Å². The molecule has 0 spiro atoms. The van der Waals surface area contributed by atoms with Gasteiger partial charge in [-0.1, -0.05) is 59.3 Å². The van der Waals surface area contributed by atoms with Gasteiger partial charge in [-0.25, -0.2) is 0 Å². The van der Waals surface area contributed by atoms with Gasteiger partial charge in [0.2, 0.25) is 0 Å². The Labute approximate surface area is 107 Å². The first-order valence-corrected chi connectivity index (χ1v) is 7.16. The van der Waals surface area contributed by atoms with Crippen molar-refractivity contribution < 1.29 is 0 Å². The first kappa shape index (κ1) is 12.9. The Hall–Kier alpha value is -0.520. The maximum Gasteiger partial charge on any atom is -0.0104 e. The van der Waals surface area contributed by atoms with E-state index in [4.69, 9.17) is 0 Å². The Morgan fingerprint density at radius 2 is 1.82 bits per heavy atom. The summed E-state index contributed by atoms with van der Waals surface area (Å²) in [4.78, 5) is 0. The van der Waals surface area contributed by atoms with Crippen molar-refractivity contribution in [2.75, 3.05) is 0 Å². The Kier molecular flexibility index (Phi) is 3.04. The van der Waals surface area contributed by atoms with Crippen LogP contribution in [0.5, 0.6) is 0 Å². The highest BCUT2D eigenvalue weighted by atomic mass is 14.4. The summed E-state index contributed by atoms with van der Waals surface area (Å²) in [5.74, 6) is 1.61. The van der Waals surface area contributed by atoms with E-state index in [-0.39, 0.29) is 0 Å². The average molecular weight is 232 g/mol. The lowest BCUT2D eigenvalue weighted by molar-refractivity contribution is 0.262. The lowest BCUT2D eigenvalue weighted by Gasteiger charge is -2.44. The van der Waals surface area contributed by atoms with Gasteiger partial charge in [0.05, 0.1) is 0 Å². The van der Waals surface area contributed by atoms with Crippen LogP contribution in [0.15, 0.2) is 23.3 Å². The molecule has 0 radical (unpaired) electrons. The number of hydrogen-bond donors (Lipinski definition) is 0. The molecule has 0 bridgehead atoms. The maximum absolute atomic E-state index is 2.44. The van der Waals surface area contributed by atoms with Crippen molar-refractivity contribution in [2.24, 2.45) is 22.7 Å². The molecule has 0 fully saturated rings. The summed E-state index contributed by atoms with van der Waals surface area (Å²) in [6, 6.07) is 0. The van der Waals surface area contributed by atoms with Crippen molar-refractivity contribution in [1.29, 1.82) is 0 Å². The second-order valence-electron chi connectivity index (χ2n) is 7.71. The minimum absolute atomic E-state index is 0.361. The first-order valence-electron chi connectivity index (χ1n) is 7.16. The zero-order chi connectivity index (χ0) is 12.8. The molecule has 0 aromatic rings. The highest BCUT2D eigenvalue weighted by molar-refractivity contribution is 5.40. The summed E-state index contributed by atoms with van der Waals surface area (Å²) in [5.41, 5.74) is 4.18. The minimum Gasteiger partial charge on any atom is -0.0782 e. The van der Waals surface area contributed by atoms with Crippen LogP contribution in [0.1, 0.15) is 60.8 Å². The van der Waals surface area contributed by atoms with E-state index in [1.54, 1.807) is 11.1 Å². The molecule has 0 aliphatic heterocycles. The Morgan fingerprint density at radius 1 is 1.18 bits per heavy atom. The van der Waals surface area contributed by atoms with Crippen molar-refractivity contribution in [3.63, 3.8) is 0 Å². The Balaban J connectivity index is 2.44. The molecule has 0 saturated carbocycles. The summed E-state index contributed by atoms with van der Waals surface area (Å²) in [7, 11) is 0. The third-order valence-corrected chi connectivity index (χ3v) is 4.75. The smallest absolute Gasteiger partial charge is 0.0104 e. The van der Waals surface area contributed by atoms with Crippen molar-refractivity contribution in [3.8, 4) is 0 Å². The fourth-order valence-corrected chi connectivity index (χ4v) is 3.61. The van der Waals surface area contributed by atoms with Gasteiger partial charge in [0.15, 0.2) is 0 Å². The molecule has 1 atom stereocenters. The van der Waals surface area contributed by atoms with Gasteiger partial charge in [0.1, 0.15) is 0 Å². The zero-order valence-electron chi connectivity index (χ0n) is 12.4. The van der Waals surface area contributed by atoms with Gasteiger partial charge in [-0.3, -0.25) is 0 Å². The molecule has 0 nitrogen and oxygen atoms in total. The molecule has 0 heterocycles. The van der Waals surface area contributed by atoms with Gasteiger partial charge in [-0.05, 0) is 47.5 Å². The van der Waals surface area contributed by atoms with E-state index >= 15 is 0 Å². The van der Waals surface area contributed by atoms with Crippen molar-refractivity contribution in [1.82, 2.24) is 0 Å². The predicted octanol–water partition coefficient (Wildman–Crippen LogP) is 5.36. The van der Waals surface area contributed by atoms with E-state index in [1.165, 1.54) is 19.3 Å². The van der Waals surface area contributed by atoms with Crippen LogP contribution in [-0.2, 0) is 0 Å². The van der Waals surface area contributed by atoms with Crippen LogP contribution in [0.3, 0.4) is 0 Å². The van der Waals surface area contributed by atoms with E-state index in [0.717, 1.165) is 11.8 Å². The molecular weight excluding hydrogens is 204 g/mol. The standard InChI is InChI=1S/C17H28/c1-12(2)13-7-10-17(5,6)15-8-9-16(3,4)11-14(13)15/h8-9,12-13H,7,10-11H2,1-6H3. The van der Waals surface area contributed by atoms with Crippen molar-refractivity contribution in [2.45, 2.75) is 60.8 Å². The predicted molar refractivity (Wildman–Crippen MR) is 75.9 cm³/mol. The SMILES string of the molecule is CC(C)C1CCC(C)(C)C2=C1CC(C)(C)C=C2. The van der Waals surface area contributed by atoms with Crippen LogP contribution in [0, 0.1) is 22.7 Å². The van der Waals surface area contributed by atoms with Crippen LogP contribution in [-0.4, -0.2) is 0 Å². The van der Waals surface area contributed by atoms with Crippen LogP contribution in [0.25, 0.3) is 0 Å². The zero-order valence-corrected chi connectivity index (χ0v) is 12.4.